The van der Waals surface area contributed by atoms with Crippen molar-refractivity contribution in [2.24, 2.45) is 0 Å². The first kappa shape index (κ1) is 16.0. The number of amides is 1. The number of aromatic nitrogens is 6. The molecular weight excluding hydrogens is 382 g/mol. The Morgan fingerprint density at radius 1 is 1.07 bits per heavy atom. The zero-order valence-corrected chi connectivity index (χ0v) is 15.6. The van der Waals surface area contributed by atoms with Crippen LogP contribution >= 0.6 is 23.1 Å². The Kier molecular flexibility index (Phi) is 3.66. The zero-order valence-electron chi connectivity index (χ0n) is 13.9. The number of nitrogens with zero attached hydrogens (tertiary/aromatic N) is 6. The van der Waals surface area contributed by atoms with Crippen molar-refractivity contribution in [1.82, 2.24) is 28.6 Å². The lowest BCUT2D eigenvalue weighted by Gasteiger charge is -2.06. The van der Waals surface area contributed by atoms with Crippen molar-refractivity contribution in [1.29, 1.82) is 0 Å². The largest absolute Gasteiger partial charge is 0.322 e. The highest BCUT2D eigenvalue weighted by molar-refractivity contribution is 7.19. The van der Waals surface area contributed by atoms with Crippen molar-refractivity contribution in [3.05, 3.63) is 53.9 Å². The third kappa shape index (κ3) is 2.84. The topological polar surface area (TPSA) is 98.0 Å². The molecule has 0 aliphatic heterocycles. The van der Waals surface area contributed by atoms with Gasteiger partial charge in [-0.05, 0) is 37.3 Å². The van der Waals surface area contributed by atoms with E-state index in [0.717, 1.165) is 44.1 Å². The Morgan fingerprint density at radius 2 is 1.96 bits per heavy atom. The molecule has 1 amide bonds. The quantitative estimate of drug-likeness (QED) is 0.504. The predicted molar refractivity (Wildman–Crippen MR) is 104 cm³/mol. The predicted octanol–water partition coefficient (Wildman–Crippen LogP) is 3.42. The van der Waals surface area contributed by atoms with E-state index in [1.54, 1.807) is 22.7 Å². The Morgan fingerprint density at radius 3 is 2.85 bits per heavy atom. The first-order chi connectivity index (χ1) is 13.2. The third-order valence-corrected chi connectivity index (χ3v) is 5.53. The average molecular weight is 393 g/mol. The van der Waals surface area contributed by atoms with E-state index in [1.807, 2.05) is 31.2 Å². The summed E-state index contributed by atoms with van der Waals surface area (Å²) < 4.78 is 10.0. The Balaban J connectivity index is 1.43. The number of benzene rings is 2. The Labute approximate surface area is 160 Å². The van der Waals surface area contributed by atoms with Gasteiger partial charge in [-0.2, -0.15) is 18.4 Å². The normalized spacial score (nSPS) is 11.3. The van der Waals surface area contributed by atoms with Gasteiger partial charge in [0.25, 0.3) is 5.91 Å². The molecule has 5 aromatic rings. The van der Waals surface area contributed by atoms with E-state index in [2.05, 4.69) is 29.4 Å². The number of hydrogen-bond acceptors (Lipinski definition) is 8. The maximum Gasteiger partial charge on any atom is 0.255 e. The Bertz CT molecular complexity index is 1300. The van der Waals surface area contributed by atoms with Gasteiger partial charge in [0.05, 0.1) is 11.7 Å². The number of hydrogen-bond donors (Lipinski definition) is 1. The zero-order chi connectivity index (χ0) is 18.4. The minimum absolute atomic E-state index is 0.198. The van der Waals surface area contributed by atoms with Crippen LogP contribution in [0.15, 0.2) is 42.5 Å². The van der Waals surface area contributed by atoms with Crippen LogP contribution in [-0.4, -0.2) is 34.5 Å². The highest BCUT2D eigenvalue weighted by atomic mass is 32.1. The summed E-state index contributed by atoms with van der Waals surface area (Å²) in [4.78, 5) is 13.3. The molecule has 0 saturated carbocycles. The highest BCUT2D eigenvalue weighted by Crippen LogP contribution is 2.27. The van der Waals surface area contributed by atoms with Gasteiger partial charge in [-0.25, -0.2) is 0 Å². The summed E-state index contributed by atoms with van der Waals surface area (Å²) in [5.41, 5.74) is 3.64. The second-order valence-corrected chi connectivity index (χ2v) is 7.34. The summed E-state index contributed by atoms with van der Waals surface area (Å²) in [5, 5.41) is 16.3. The van der Waals surface area contributed by atoms with Crippen LogP contribution in [0.5, 0.6) is 0 Å². The van der Waals surface area contributed by atoms with Crippen molar-refractivity contribution in [3.8, 4) is 10.6 Å². The van der Waals surface area contributed by atoms with Gasteiger partial charge in [-0.3, -0.25) is 4.79 Å². The second-order valence-electron chi connectivity index (χ2n) is 5.85. The molecule has 0 bridgehead atoms. The third-order valence-electron chi connectivity index (χ3n) is 4.03. The van der Waals surface area contributed by atoms with Crippen LogP contribution in [0.1, 0.15) is 16.2 Å². The minimum atomic E-state index is -0.198. The maximum absolute atomic E-state index is 12.6. The smallest absolute Gasteiger partial charge is 0.255 e. The minimum Gasteiger partial charge on any atom is -0.322 e. The van der Waals surface area contributed by atoms with E-state index in [0.29, 0.717) is 11.3 Å². The molecule has 0 radical (unpaired) electrons. The van der Waals surface area contributed by atoms with Gasteiger partial charge in [0, 0.05) is 16.8 Å². The van der Waals surface area contributed by atoms with Gasteiger partial charge < -0.3 is 5.32 Å². The average Bonchev–Trinajstić information content (AvgIpc) is 3.38. The number of aryl methyl sites for hydroxylation is 1. The molecule has 132 valence electrons. The number of rotatable bonds is 3. The van der Waals surface area contributed by atoms with Crippen molar-refractivity contribution in [3.63, 3.8) is 0 Å². The molecule has 0 aliphatic carbocycles. The number of carbonyl (C=O) groups excluding carboxylic acids is 1. The molecule has 0 spiro atoms. The monoisotopic (exact) mass is 393 g/mol. The molecule has 10 heteroatoms. The summed E-state index contributed by atoms with van der Waals surface area (Å²) >= 11 is 2.58. The lowest BCUT2D eigenvalue weighted by molar-refractivity contribution is 0.102. The van der Waals surface area contributed by atoms with E-state index in [1.165, 1.54) is 11.3 Å². The number of carbonyl (C=O) groups is 1. The first-order valence-electron chi connectivity index (χ1n) is 8.00. The van der Waals surface area contributed by atoms with Crippen LogP contribution in [0.25, 0.3) is 26.6 Å². The molecule has 2 aromatic carbocycles. The first-order valence-corrected chi connectivity index (χ1v) is 9.55. The van der Waals surface area contributed by atoms with Crippen LogP contribution < -0.4 is 5.32 Å². The lowest BCUT2D eigenvalue weighted by Crippen LogP contribution is -2.11. The lowest BCUT2D eigenvalue weighted by atomic mass is 10.1. The van der Waals surface area contributed by atoms with Gasteiger partial charge in [0.2, 0.25) is 4.96 Å². The molecular formula is C17H11N7OS2. The van der Waals surface area contributed by atoms with Crippen molar-refractivity contribution in [2.45, 2.75) is 6.92 Å². The van der Waals surface area contributed by atoms with Gasteiger partial charge in [0.1, 0.15) is 16.0 Å². The standard InChI is InChI=1S/C17H11N7OS2/c1-9-19-20-17-24(9)21-16(26-17)11-3-2-4-12(7-11)18-15(25)10-5-6-13-14(8-10)23-27-22-13/h2-8H,1H3,(H,18,25). The molecule has 0 fully saturated rings. The van der Waals surface area contributed by atoms with Gasteiger partial charge >= 0.3 is 0 Å². The van der Waals surface area contributed by atoms with E-state index in [-0.39, 0.29) is 5.91 Å². The summed E-state index contributed by atoms with van der Waals surface area (Å²) in [6, 6.07) is 12.8. The molecule has 27 heavy (non-hydrogen) atoms. The summed E-state index contributed by atoms with van der Waals surface area (Å²) in [6.07, 6.45) is 0. The molecule has 1 N–H and O–H groups in total. The second kappa shape index (κ2) is 6.18. The molecule has 3 heterocycles. The number of anilines is 1. The summed E-state index contributed by atoms with van der Waals surface area (Å²) in [7, 11) is 0. The fraction of sp³-hybridized carbons (Fsp3) is 0.0588. The fourth-order valence-corrected chi connectivity index (χ4v) is 4.09. The van der Waals surface area contributed by atoms with Crippen LogP contribution in [0.4, 0.5) is 5.69 Å². The van der Waals surface area contributed by atoms with Crippen LogP contribution in [0.3, 0.4) is 0 Å². The maximum atomic E-state index is 12.6. The van der Waals surface area contributed by atoms with Crippen molar-refractivity contribution >= 4 is 50.7 Å². The fourth-order valence-electron chi connectivity index (χ4n) is 2.69. The molecule has 8 nitrogen and oxygen atoms in total. The van der Waals surface area contributed by atoms with E-state index < -0.39 is 0 Å². The molecule has 5 rings (SSSR count). The molecule has 0 saturated heterocycles. The van der Waals surface area contributed by atoms with E-state index in [9.17, 15) is 4.79 Å². The van der Waals surface area contributed by atoms with Gasteiger partial charge in [-0.1, -0.05) is 23.5 Å². The van der Waals surface area contributed by atoms with E-state index in [4.69, 9.17) is 0 Å². The number of fused-ring (bicyclic) bond motifs is 2. The molecule has 0 unspecified atom stereocenters. The van der Waals surface area contributed by atoms with Crippen molar-refractivity contribution in [2.75, 3.05) is 5.32 Å². The number of nitrogens with one attached hydrogen (secondary N) is 1. The van der Waals surface area contributed by atoms with Crippen LogP contribution in [0, 0.1) is 6.92 Å². The summed E-state index contributed by atoms with van der Waals surface area (Å²) in [6.45, 7) is 1.86. The molecule has 0 atom stereocenters. The van der Waals surface area contributed by atoms with Crippen LogP contribution in [-0.2, 0) is 0 Å². The van der Waals surface area contributed by atoms with Gasteiger partial charge in [-0.15, -0.1) is 10.2 Å². The van der Waals surface area contributed by atoms with Crippen molar-refractivity contribution < 1.29 is 4.79 Å². The molecule has 3 aromatic heterocycles. The summed E-state index contributed by atoms with van der Waals surface area (Å²) in [5.74, 6) is 0.542. The van der Waals surface area contributed by atoms with Gasteiger partial charge in [0.15, 0.2) is 5.82 Å². The van der Waals surface area contributed by atoms with Crippen LogP contribution in [0.2, 0.25) is 0 Å². The SMILES string of the molecule is Cc1nnc2sc(-c3cccc(NC(=O)c4ccc5nsnc5c4)c3)nn12. The Hall–Kier alpha value is -3.24. The highest BCUT2D eigenvalue weighted by Gasteiger charge is 2.12. The molecule has 0 aliphatic rings. The van der Waals surface area contributed by atoms with E-state index >= 15 is 0 Å².